The predicted octanol–water partition coefficient (Wildman–Crippen LogP) is 1.65. The van der Waals surface area contributed by atoms with Crippen LogP contribution in [0.5, 0.6) is 0 Å². The maximum absolute atomic E-state index is 5.67. The highest BCUT2D eigenvalue weighted by atomic mass is 15.1. The van der Waals surface area contributed by atoms with E-state index < -0.39 is 0 Å². The lowest BCUT2D eigenvalue weighted by Gasteiger charge is -2.14. The third kappa shape index (κ3) is 1.92. The van der Waals surface area contributed by atoms with Gasteiger partial charge in [0.25, 0.3) is 0 Å². The van der Waals surface area contributed by atoms with Gasteiger partial charge >= 0.3 is 0 Å². The monoisotopic (exact) mass is 216 g/mol. The van der Waals surface area contributed by atoms with Gasteiger partial charge in [-0.3, -0.25) is 0 Å². The summed E-state index contributed by atoms with van der Waals surface area (Å²) in [6.45, 7) is 2.67. The molecule has 1 aromatic carbocycles. The summed E-state index contributed by atoms with van der Waals surface area (Å²) in [7, 11) is 0. The zero-order valence-corrected chi connectivity index (χ0v) is 9.30. The van der Waals surface area contributed by atoms with Crippen LogP contribution >= 0.6 is 0 Å². The molecule has 4 nitrogen and oxygen atoms in total. The lowest BCUT2D eigenvalue weighted by atomic mass is 10.2. The Kier molecular flexibility index (Phi) is 2.92. The Labute approximate surface area is 94.9 Å². The first-order chi connectivity index (χ1) is 7.72. The second-order valence-corrected chi connectivity index (χ2v) is 3.86. The molecule has 16 heavy (non-hydrogen) atoms. The Hall–Kier alpha value is -1.81. The van der Waals surface area contributed by atoms with Crippen LogP contribution in [0.4, 0.5) is 5.69 Å². The van der Waals surface area contributed by atoms with E-state index in [1.165, 1.54) is 0 Å². The van der Waals surface area contributed by atoms with Crippen LogP contribution in [0.15, 0.2) is 36.7 Å². The van der Waals surface area contributed by atoms with Gasteiger partial charge in [-0.1, -0.05) is 0 Å². The topological polar surface area (TPSA) is 69.9 Å². The van der Waals surface area contributed by atoms with E-state index in [0.29, 0.717) is 6.54 Å². The maximum atomic E-state index is 5.67. The molecule has 2 aromatic rings. The molecule has 1 heterocycles. The molecule has 0 aliphatic carbocycles. The smallest absolute Gasteiger partial charge is 0.140 e. The number of hydrogen-bond acceptors (Lipinski definition) is 3. The Morgan fingerprint density at radius 1 is 1.31 bits per heavy atom. The molecule has 0 saturated heterocycles. The van der Waals surface area contributed by atoms with Gasteiger partial charge in [0.15, 0.2) is 0 Å². The molecule has 1 unspecified atom stereocenters. The van der Waals surface area contributed by atoms with Crippen LogP contribution in [-0.4, -0.2) is 16.1 Å². The fourth-order valence-electron chi connectivity index (χ4n) is 1.64. The van der Waals surface area contributed by atoms with E-state index in [2.05, 4.69) is 16.5 Å². The lowest BCUT2D eigenvalue weighted by Crippen LogP contribution is -2.16. The number of anilines is 1. The number of nitrogens with two attached hydrogens (primary N) is 2. The molecule has 2 rings (SSSR count). The van der Waals surface area contributed by atoms with E-state index in [0.717, 1.165) is 17.1 Å². The van der Waals surface area contributed by atoms with Crippen molar-refractivity contribution >= 4 is 5.69 Å². The summed E-state index contributed by atoms with van der Waals surface area (Å²) in [6.07, 6.45) is 3.74. The van der Waals surface area contributed by atoms with Gasteiger partial charge in [0, 0.05) is 36.2 Å². The molecule has 0 fully saturated rings. The minimum atomic E-state index is 0.245. The highest BCUT2D eigenvalue weighted by Gasteiger charge is 2.09. The third-order valence-corrected chi connectivity index (χ3v) is 2.65. The largest absolute Gasteiger partial charge is 0.399 e. The van der Waals surface area contributed by atoms with Gasteiger partial charge < -0.3 is 16.0 Å². The molecule has 1 atom stereocenters. The van der Waals surface area contributed by atoms with E-state index in [1.54, 1.807) is 6.20 Å². The van der Waals surface area contributed by atoms with Crippen molar-refractivity contribution in [2.24, 2.45) is 5.73 Å². The normalized spacial score (nSPS) is 12.6. The van der Waals surface area contributed by atoms with Crippen molar-refractivity contribution in [1.29, 1.82) is 0 Å². The van der Waals surface area contributed by atoms with E-state index in [4.69, 9.17) is 11.5 Å². The highest BCUT2D eigenvalue weighted by molar-refractivity contribution is 5.59. The Bertz CT molecular complexity index is 458. The summed E-state index contributed by atoms with van der Waals surface area (Å²) >= 11 is 0. The summed E-state index contributed by atoms with van der Waals surface area (Å²) in [5, 5.41) is 0. The molecule has 0 saturated carbocycles. The zero-order chi connectivity index (χ0) is 11.5. The van der Waals surface area contributed by atoms with Crippen molar-refractivity contribution in [2.75, 3.05) is 12.3 Å². The average Bonchev–Trinajstić information content (AvgIpc) is 2.78. The number of aromatic nitrogens is 2. The minimum absolute atomic E-state index is 0.245. The molecule has 0 aliphatic rings. The summed E-state index contributed by atoms with van der Waals surface area (Å²) in [5.41, 5.74) is 13.1. The van der Waals surface area contributed by atoms with Gasteiger partial charge in [0.1, 0.15) is 5.82 Å². The Morgan fingerprint density at radius 2 is 2.00 bits per heavy atom. The van der Waals surface area contributed by atoms with Crippen LogP contribution < -0.4 is 11.5 Å². The number of hydrogen-bond donors (Lipinski definition) is 2. The molecule has 0 spiro atoms. The molecular weight excluding hydrogens is 200 g/mol. The van der Waals surface area contributed by atoms with Gasteiger partial charge in [-0.15, -0.1) is 0 Å². The fraction of sp³-hybridized carbons (Fsp3) is 0.250. The summed E-state index contributed by atoms with van der Waals surface area (Å²) in [6, 6.07) is 7.94. The molecular formula is C12H16N4. The van der Waals surface area contributed by atoms with Crippen molar-refractivity contribution in [2.45, 2.75) is 13.0 Å². The van der Waals surface area contributed by atoms with E-state index in [-0.39, 0.29) is 6.04 Å². The van der Waals surface area contributed by atoms with Crippen molar-refractivity contribution < 1.29 is 0 Å². The molecule has 0 aliphatic heterocycles. The Balaban J connectivity index is 2.40. The van der Waals surface area contributed by atoms with Gasteiger partial charge in [-0.2, -0.15) is 0 Å². The van der Waals surface area contributed by atoms with Crippen molar-refractivity contribution in [1.82, 2.24) is 9.55 Å². The maximum Gasteiger partial charge on any atom is 0.140 e. The molecule has 84 valence electrons. The quantitative estimate of drug-likeness (QED) is 0.766. The fourth-order valence-corrected chi connectivity index (χ4v) is 1.64. The number of nitrogens with zero attached hydrogens (tertiary/aromatic N) is 2. The molecule has 1 aromatic heterocycles. The van der Waals surface area contributed by atoms with Gasteiger partial charge in [0.05, 0.1) is 0 Å². The lowest BCUT2D eigenvalue weighted by molar-refractivity contribution is 0.563. The number of imidazole rings is 1. The number of benzene rings is 1. The van der Waals surface area contributed by atoms with Gasteiger partial charge in [0.2, 0.25) is 0 Å². The van der Waals surface area contributed by atoms with Gasteiger partial charge in [-0.05, 0) is 31.2 Å². The van der Waals surface area contributed by atoms with Crippen LogP contribution in [0, 0.1) is 0 Å². The van der Waals surface area contributed by atoms with Crippen LogP contribution in [0.2, 0.25) is 0 Å². The average molecular weight is 216 g/mol. The van der Waals surface area contributed by atoms with Crippen LogP contribution in [0.25, 0.3) is 11.4 Å². The summed E-state index contributed by atoms with van der Waals surface area (Å²) < 4.78 is 2.07. The molecule has 0 amide bonds. The van der Waals surface area contributed by atoms with E-state index >= 15 is 0 Å². The van der Waals surface area contributed by atoms with Crippen LogP contribution in [-0.2, 0) is 0 Å². The highest BCUT2D eigenvalue weighted by Crippen LogP contribution is 2.21. The Morgan fingerprint density at radius 3 is 2.62 bits per heavy atom. The standard InChI is InChI=1S/C12H16N4/c1-9(8-13)16-7-6-15-12(16)10-2-4-11(14)5-3-10/h2-7,9H,8,13-14H2,1H3. The second-order valence-electron chi connectivity index (χ2n) is 3.86. The molecule has 0 bridgehead atoms. The molecule has 4 heteroatoms. The summed E-state index contributed by atoms with van der Waals surface area (Å²) in [5.74, 6) is 0.929. The first kappa shape index (κ1) is 10.7. The second kappa shape index (κ2) is 4.37. The first-order valence-corrected chi connectivity index (χ1v) is 5.31. The van der Waals surface area contributed by atoms with Crippen LogP contribution in [0.3, 0.4) is 0 Å². The SMILES string of the molecule is CC(CN)n1ccnc1-c1ccc(N)cc1. The van der Waals surface area contributed by atoms with Crippen molar-refractivity contribution in [3.05, 3.63) is 36.7 Å². The predicted molar refractivity (Wildman–Crippen MR) is 65.8 cm³/mol. The van der Waals surface area contributed by atoms with Crippen molar-refractivity contribution in [3.63, 3.8) is 0 Å². The minimum Gasteiger partial charge on any atom is -0.399 e. The number of nitrogen functional groups attached to an aromatic ring is 1. The molecule has 0 radical (unpaired) electrons. The summed E-state index contributed by atoms with van der Waals surface area (Å²) in [4.78, 5) is 4.35. The van der Waals surface area contributed by atoms with Crippen LogP contribution in [0.1, 0.15) is 13.0 Å². The van der Waals surface area contributed by atoms with E-state index in [1.807, 2.05) is 30.5 Å². The van der Waals surface area contributed by atoms with E-state index in [9.17, 15) is 0 Å². The third-order valence-electron chi connectivity index (χ3n) is 2.65. The first-order valence-electron chi connectivity index (χ1n) is 5.31. The van der Waals surface area contributed by atoms with Crippen molar-refractivity contribution in [3.8, 4) is 11.4 Å². The zero-order valence-electron chi connectivity index (χ0n) is 9.30. The molecule has 4 N–H and O–H groups in total. The number of rotatable bonds is 3. The van der Waals surface area contributed by atoms with Gasteiger partial charge in [-0.25, -0.2) is 4.98 Å².